The lowest BCUT2D eigenvalue weighted by Gasteiger charge is -2.07. The molecular formula is C13H10ClFN2O. The number of hydrogen-bond donors (Lipinski definition) is 2. The molecule has 2 rings (SSSR count). The third kappa shape index (κ3) is 2.78. The molecule has 0 aliphatic heterocycles. The van der Waals surface area contributed by atoms with Crippen LogP contribution in [0.1, 0.15) is 5.56 Å². The Balaban J connectivity index is 2.24. The summed E-state index contributed by atoms with van der Waals surface area (Å²) in [6.45, 7) is 0. The second-order valence-electron chi connectivity index (χ2n) is 3.61. The van der Waals surface area contributed by atoms with Crippen LogP contribution in [-0.4, -0.2) is 5.84 Å². The molecular weight excluding hydrogens is 255 g/mol. The summed E-state index contributed by atoms with van der Waals surface area (Å²) in [5.41, 5.74) is 5.58. The molecule has 0 aliphatic rings. The number of ether oxygens (including phenoxy) is 1. The molecule has 0 aliphatic carbocycles. The van der Waals surface area contributed by atoms with Crippen LogP contribution in [0.5, 0.6) is 11.5 Å². The minimum atomic E-state index is -0.572. The number of nitrogen functional groups attached to an aromatic ring is 1. The molecule has 92 valence electrons. The minimum Gasteiger partial charge on any atom is -0.454 e. The zero-order valence-electron chi connectivity index (χ0n) is 9.28. The Bertz CT molecular complexity index is 584. The highest BCUT2D eigenvalue weighted by atomic mass is 35.5. The van der Waals surface area contributed by atoms with Crippen LogP contribution < -0.4 is 10.5 Å². The lowest BCUT2D eigenvalue weighted by molar-refractivity contribution is 0.442. The van der Waals surface area contributed by atoms with Crippen molar-refractivity contribution in [2.24, 2.45) is 5.73 Å². The molecule has 2 aromatic rings. The van der Waals surface area contributed by atoms with Crippen molar-refractivity contribution in [3.63, 3.8) is 0 Å². The van der Waals surface area contributed by atoms with E-state index in [1.54, 1.807) is 24.3 Å². The number of halogens is 2. The summed E-state index contributed by atoms with van der Waals surface area (Å²) < 4.78 is 19.0. The van der Waals surface area contributed by atoms with E-state index in [1.807, 2.05) is 0 Å². The highest BCUT2D eigenvalue weighted by molar-refractivity contribution is 6.30. The lowest BCUT2D eigenvalue weighted by Crippen LogP contribution is -2.11. The first-order valence-corrected chi connectivity index (χ1v) is 5.51. The van der Waals surface area contributed by atoms with Gasteiger partial charge in [-0.1, -0.05) is 11.6 Å². The van der Waals surface area contributed by atoms with Gasteiger partial charge < -0.3 is 10.5 Å². The molecule has 3 nitrogen and oxygen atoms in total. The Labute approximate surface area is 108 Å². The summed E-state index contributed by atoms with van der Waals surface area (Å²) in [4.78, 5) is 0. The van der Waals surface area contributed by atoms with E-state index in [4.69, 9.17) is 27.5 Å². The Morgan fingerprint density at radius 2 is 1.83 bits per heavy atom. The number of benzene rings is 2. The first-order valence-electron chi connectivity index (χ1n) is 5.13. The van der Waals surface area contributed by atoms with Crippen molar-refractivity contribution in [3.05, 3.63) is 58.9 Å². The number of amidine groups is 1. The third-order valence-corrected chi connectivity index (χ3v) is 2.54. The van der Waals surface area contributed by atoms with Crippen molar-refractivity contribution >= 4 is 17.4 Å². The van der Waals surface area contributed by atoms with Gasteiger partial charge in [0.25, 0.3) is 0 Å². The number of nitrogens with two attached hydrogens (primary N) is 1. The van der Waals surface area contributed by atoms with Crippen molar-refractivity contribution in [3.8, 4) is 11.5 Å². The van der Waals surface area contributed by atoms with Crippen LogP contribution in [0.4, 0.5) is 4.39 Å². The molecule has 0 atom stereocenters. The number of rotatable bonds is 3. The van der Waals surface area contributed by atoms with E-state index in [-0.39, 0.29) is 11.6 Å². The standard InChI is InChI=1S/C13H10ClFN2O/c14-9-2-4-10(5-3-9)18-12-6-1-8(13(16)17)7-11(12)15/h1-7H,(H3,16,17). The fourth-order valence-electron chi connectivity index (χ4n) is 1.38. The third-order valence-electron chi connectivity index (χ3n) is 2.28. The Morgan fingerprint density at radius 3 is 2.39 bits per heavy atom. The van der Waals surface area contributed by atoms with Gasteiger partial charge in [0.2, 0.25) is 0 Å². The topological polar surface area (TPSA) is 59.1 Å². The zero-order chi connectivity index (χ0) is 13.1. The van der Waals surface area contributed by atoms with Gasteiger partial charge in [0.1, 0.15) is 11.6 Å². The summed E-state index contributed by atoms with van der Waals surface area (Å²) in [7, 11) is 0. The van der Waals surface area contributed by atoms with E-state index in [9.17, 15) is 4.39 Å². The molecule has 3 N–H and O–H groups in total. The quantitative estimate of drug-likeness (QED) is 0.658. The average molecular weight is 265 g/mol. The number of nitrogens with one attached hydrogen (secondary N) is 1. The predicted molar refractivity (Wildman–Crippen MR) is 68.9 cm³/mol. The van der Waals surface area contributed by atoms with Gasteiger partial charge in [0.05, 0.1) is 0 Å². The van der Waals surface area contributed by atoms with Crippen LogP contribution in [0.2, 0.25) is 5.02 Å². The number of hydrogen-bond acceptors (Lipinski definition) is 2. The Morgan fingerprint density at radius 1 is 1.17 bits per heavy atom. The lowest BCUT2D eigenvalue weighted by atomic mass is 10.2. The molecule has 0 aromatic heterocycles. The molecule has 0 fully saturated rings. The van der Waals surface area contributed by atoms with E-state index in [0.717, 1.165) is 6.07 Å². The predicted octanol–water partition coefficient (Wildman–Crippen LogP) is 3.56. The van der Waals surface area contributed by atoms with Crippen LogP contribution >= 0.6 is 11.6 Å². The minimum absolute atomic E-state index is 0.0716. The van der Waals surface area contributed by atoms with Gasteiger partial charge in [-0.15, -0.1) is 0 Å². The van der Waals surface area contributed by atoms with Gasteiger partial charge in [-0.3, -0.25) is 5.41 Å². The SMILES string of the molecule is N=C(N)c1ccc(Oc2ccc(Cl)cc2)c(F)c1. The maximum absolute atomic E-state index is 13.7. The average Bonchev–Trinajstić information content (AvgIpc) is 2.34. The molecule has 0 saturated carbocycles. The molecule has 0 unspecified atom stereocenters. The molecule has 0 spiro atoms. The summed E-state index contributed by atoms with van der Waals surface area (Å²) in [6, 6.07) is 10.7. The van der Waals surface area contributed by atoms with Gasteiger partial charge >= 0.3 is 0 Å². The molecule has 0 saturated heterocycles. The fourth-order valence-corrected chi connectivity index (χ4v) is 1.51. The maximum Gasteiger partial charge on any atom is 0.166 e. The first-order chi connectivity index (χ1) is 8.56. The smallest absolute Gasteiger partial charge is 0.166 e. The summed E-state index contributed by atoms with van der Waals surface area (Å²) in [5, 5.41) is 7.78. The zero-order valence-corrected chi connectivity index (χ0v) is 10.0. The normalized spacial score (nSPS) is 10.1. The molecule has 5 heteroatoms. The molecule has 0 amide bonds. The van der Waals surface area contributed by atoms with Crippen molar-refractivity contribution < 1.29 is 9.13 Å². The van der Waals surface area contributed by atoms with Gasteiger partial charge in [0, 0.05) is 10.6 Å². The van der Waals surface area contributed by atoms with Gasteiger partial charge in [-0.25, -0.2) is 4.39 Å². The van der Waals surface area contributed by atoms with Gasteiger partial charge in [0.15, 0.2) is 11.6 Å². The second kappa shape index (κ2) is 5.06. The Hall–Kier alpha value is -2.07. The van der Waals surface area contributed by atoms with E-state index >= 15 is 0 Å². The van der Waals surface area contributed by atoms with Crippen molar-refractivity contribution in [2.75, 3.05) is 0 Å². The van der Waals surface area contributed by atoms with Crippen LogP contribution in [0.15, 0.2) is 42.5 Å². The van der Waals surface area contributed by atoms with Crippen LogP contribution in [0.25, 0.3) is 0 Å². The van der Waals surface area contributed by atoms with E-state index in [1.165, 1.54) is 12.1 Å². The Kier molecular flexibility index (Phi) is 3.48. The summed E-state index contributed by atoms with van der Waals surface area (Å²) in [5.74, 6) is -0.208. The van der Waals surface area contributed by atoms with E-state index < -0.39 is 5.82 Å². The maximum atomic E-state index is 13.7. The van der Waals surface area contributed by atoms with Crippen LogP contribution in [0.3, 0.4) is 0 Å². The summed E-state index contributed by atoms with van der Waals surface area (Å²) >= 11 is 5.73. The largest absolute Gasteiger partial charge is 0.454 e. The van der Waals surface area contributed by atoms with Gasteiger partial charge in [-0.05, 0) is 42.5 Å². The molecule has 2 aromatic carbocycles. The van der Waals surface area contributed by atoms with Crippen molar-refractivity contribution in [2.45, 2.75) is 0 Å². The highest BCUT2D eigenvalue weighted by Gasteiger charge is 2.07. The van der Waals surface area contributed by atoms with E-state index in [2.05, 4.69) is 0 Å². The molecule has 0 heterocycles. The summed E-state index contributed by atoms with van der Waals surface area (Å²) in [6.07, 6.45) is 0. The molecule has 0 bridgehead atoms. The van der Waals surface area contributed by atoms with Crippen molar-refractivity contribution in [1.29, 1.82) is 5.41 Å². The van der Waals surface area contributed by atoms with Crippen molar-refractivity contribution in [1.82, 2.24) is 0 Å². The van der Waals surface area contributed by atoms with E-state index in [0.29, 0.717) is 16.3 Å². The second-order valence-corrected chi connectivity index (χ2v) is 4.05. The molecule has 18 heavy (non-hydrogen) atoms. The fraction of sp³-hybridized carbons (Fsp3) is 0. The van der Waals surface area contributed by atoms with Crippen LogP contribution in [0, 0.1) is 11.2 Å². The first kappa shape index (κ1) is 12.4. The highest BCUT2D eigenvalue weighted by Crippen LogP contribution is 2.26. The van der Waals surface area contributed by atoms with Gasteiger partial charge in [-0.2, -0.15) is 0 Å². The molecule has 0 radical (unpaired) electrons. The van der Waals surface area contributed by atoms with Crippen LogP contribution in [-0.2, 0) is 0 Å². The monoisotopic (exact) mass is 264 g/mol.